The molecule has 0 heterocycles. The van der Waals surface area contributed by atoms with E-state index in [1.54, 1.807) is 0 Å². The zero-order valence-electron chi connectivity index (χ0n) is 10.2. The average Bonchev–Trinajstić information content (AvgIpc) is 2.55. The van der Waals surface area contributed by atoms with Crippen LogP contribution in [0.2, 0.25) is 0 Å². The van der Waals surface area contributed by atoms with Crippen LogP contribution < -0.4 is 0 Å². The van der Waals surface area contributed by atoms with Crippen LogP contribution in [-0.4, -0.2) is 11.6 Å². The van der Waals surface area contributed by atoms with Gasteiger partial charge < -0.3 is 4.74 Å². The average molecular weight is 198 g/mol. The Morgan fingerprint density at radius 1 is 1.14 bits per heavy atom. The molecule has 14 heavy (non-hydrogen) atoms. The van der Waals surface area contributed by atoms with Crippen molar-refractivity contribution in [3.8, 4) is 0 Å². The Hall–Kier alpha value is -0.530. The highest BCUT2D eigenvalue weighted by molar-refractivity contribution is 5.76. The summed E-state index contributed by atoms with van der Waals surface area (Å²) in [6.45, 7) is 12.3. The first-order chi connectivity index (χ1) is 6.11. The summed E-state index contributed by atoms with van der Waals surface area (Å²) in [5.74, 6) is 0.643. The molecule has 82 valence electrons. The standard InChI is InChI=1S/C12H22O2/c1-11(2,3)9-7-8(9)10(13)14-12(4,5)6/h8-9H,7H2,1-6H3. The molecule has 1 rings (SSSR count). The van der Waals surface area contributed by atoms with Crippen molar-refractivity contribution in [3.63, 3.8) is 0 Å². The van der Waals surface area contributed by atoms with Crippen molar-refractivity contribution >= 4 is 5.97 Å². The molecule has 0 aromatic carbocycles. The topological polar surface area (TPSA) is 26.3 Å². The van der Waals surface area contributed by atoms with Gasteiger partial charge in [-0.3, -0.25) is 4.79 Å². The lowest BCUT2D eigenvalue weighted by Crippen LogP contribution is -2.26. The number of ether oxygens (including phenoxy) is 1. The Labute approximate surface area is 87.0 Å². The zero-order chi connectivity index (χ0) is 11.1. The molecule has 0 bridgehead atoms. The molecule has 2 atom stereocenters. The molecule has 1 aliphatic rings. The van der Waals surface area contributed by atoms with E-state index in [1.807, 2.05) is 20.8 Å². The van der Waals surface area contributed by atoms with E-state index < -0.39 is 0 Å². The van der Waals surface area contributed by atoms with Crippen molar-refractivity contribution in [2.75, 3.05) is 0 Å². The molecular weight excluding hydrogens is 176 g/mol. The molecule has 0 aromatic rings. The number of carbonyl (C=O) groups excluding carboxylic acids is 1. The van der Waals surface area contributed by atoms with E-state index in [-0.39, 0.29) is 22.9 Å². The summed E-state index contributed by atoms with van der Waals surface area (Å²) in [5.41, 5.74) is -0.107. The van der Waals surface area contributed by atoms with Gasteiger partial charge in [-0.2, -0.15) is 0 Å². The zero-order valence-corrected chi connectivity index (χ0v) is 10.2. The molecule has 2 heteroatoms. The van der Waals surface area contributed by atoms with Crippen molar-refractivity contribution in [3.05, 3.63) is 0 Å². The van der Waals surface area contributed by atoms with E-state index in [1.165, 1.54) is 0 Å². The molecular formula is C12H22O2. The second-order valence-electron chi connectivity index (χ2n) is 6.35. The molecule has 2 nitrogen and oxygen atoms in total. The summed E-state index contributed by atoms with van der Waals surface area (Å²) < 4.78 is 5.35. The van der Waals surface area contributed by atoms with Gasteiger partial charge in [-0.1, -0.05) is 20.8 Å². The van der Waals surface area contributed by atoms with Crippen LogP contribution in [0.5, 0.6) is 0 Å². The predicted octanol–water partition coefficient (Wildman–Crippen LogP) is 3.01. The van der Waals surface area contributed by atoms with Gasteiger partial charge in [0.15, 0.2) is 0 Å². The van der Waals surface area contributed by atoms with E-state index in [0.717, 1.165) is 6.42 Å². The minimum Gasteiger partial charge on any atom is -0.460 e. The lowest BCUT2D eigenvalue weighted by Gasteiger charge is -2.21. The number of carbonyl (C=O) groups is 1. The van der Waals surface area contributed by atoms with Crippen LogP contribution in [0, 0.1) is 17.3 Å². The van der Waals surface area contributed by atoms with Crippen molar-refractivity contribution in [2.45, 2.75) is 53.6 Å². The van der Waals surface area contributed by atoms with Gasteiger partial charge in [0.2, 0.25) is 0 Å². The van der Waals surface area contributed by atoms with Crippen LogP contribution in [0.15, 0.2) is 0 Å². The minimum atomic E-state index is -0.345. The van der Waals surface area contributed by atoms with E-state index in [2.05, 4.69) is 20.8 Å². The normalized spacial score (nSPS) is 27.3. The largest absolute Gasteiger partial charge is 0.460 e. The van der Waals surface area contributed by atoms with Gasteiger partial charge in [0.05, 0.1) is 5.92 Å². The summed E-state index contributed by atoms with van der Waals surface area (Å²) in [6.07, 6.45) is 0.998. The van der Waals surface area contributed by atoms with Gasteiger partial charge in [-0.05, 0) is 38.5 Å². The fourth-order valence-electron chi connectivity index (χ4n) is 1.79. The first-order valence-electron chi connectivity index (χ1n) is 5.34. The first kappa shape index (κ1) is 11.5. The molecule has 2 unspecified atom stereocenters. The van der Waals surface area contributed by atoms with E-state index in [9.17, 15) is 4.79 Å². The van der Waals surface area contributed by atoms with Crippen molar-refractivity contribution in [1.82, 2.24) is 0 Å². The number of esters is 1. The molecule has 0 radical (unpaired) electrons. The van der Waals surface area contributed by atoms with Gasteiger partial charge in [0, 0.05) is 0 Å². The molecule has 0 spiro atoms. The van der Waals surface area contributed by atoms with Crippen LogP contribution in [0.4, 0.5) is 0 Å². The molecule has 1 aliphatic carbocycles. The van der Waals surface area contributed by atoms with E-state index >= 15 is 0 Å². The first-order valence-corrected chi connectivity index (χ1v) is 5.34. The molecule has 0 N–H and O–H groups in total. The third-order valence-corrected chi connectivity index (χ3v) is 2.61. The molecule has 0 saturated heterocycles. The second-order valence-corrected chi connectivity index (χ2v) is 6.35. The van der Waals surface area contributed by atoms with E-state index in [0.29, 0.717) is 5.92 Å². The Balaban J connectivity index is 2.45. The third-order valence-electron chi connectivity index (χ3n) is 2.61. The van der Waals surface area contributed by atoms with Gasteiger partial charge in [0.25, 0.3) is 0 Å². The maximum Gasteiger partial charge on any atom is 0.309 e. The van der Waals surface area contributed by atoms with E-state index in [4.69, 9.17) is 4.74 Å². The van der Waals surface area contributed by atoms with Crippen LogP contribution in [0.1, 0.15) is 48.0 Å². The Bertz CT molecular complexity index is 230. The summed E-state index contributed by atoms with van der Waals surface area (Å²) in [5, 5.41) is 0. The molecule has 0 aromatic heterocycles. The number of hydrogen-bond donors (Lipinski definition) is 0. The highest BCUT2D eigenvalue weighted by Gasteiger charge is 2.51. The lowest BCUT2D eigenvalue weighted by molar-refractivity contribution is -0.157. The quantitative estimate of drug-likeness (QED) is 0.605. The summed E-state index contributed by atoms with van der Waals surface area (Å²) in [6, 6.07) is 0. The monoisotopic (exact) mass is 198 g/mol. The Kier molecular flexibility index (Phi) is 2.68. The fraction of sp³-hybridized carbons (Fsp3) is 0.917. The van der Waals surface area contributed by atoms with Crippen LogP contribution >= 0.6 is 0 Å². The summed E-state index contributed by atoms with van der Waals surface area (Å²) in [4.78, 5) is 11.7. The second kappa shape index (κ2) is 3.25. The Morgan fingerprint density at radius 3 is 1.93 bits per heavy atom. The fourth-order valence-corrected chi connectivity index (χ4v) is 1.79. The van der Waals surface area contributed by atoms with Crippen LogP contribution in [0.25, 0.3) is 0 Å². The van der Waals surface area contributed by atoms with Crippen LogP contribution in [0.3, 0.4) is 0 Å². The molecule has 1 saturated carbocycles. The molecule has 1 fully saturated rings. The third kappa shape index (κ3) is 3.00. The summed E-state index contributed by atoms with van der Waals surface area (Å²) in [7, 11) is 0. The highest BCUT2D eigenvalue weighted by Crippen LogP contribution is 2.51. The predicted molar refractivity (Wildman–Crippen MR) is 56.9 cm³/mol. The number of rotatable bonds is 1. The number of hydrogen-bond acceptors (Lipinski definition) is 2. The highest BCUT2D eigenvalue weighted by atomic mass is 16.6. The van der Waals surface area contributed by atoms with Crippen molar-refractivity contribution in [2.24, 2.45) is 17.3 Å². The van der Waals surface area contributed by atoms with Crippen molar-refractivity contribution in [1.29, 1.82) is 0 Å². The maximum absolute atomic E-state index is 11.7. The van der Waals surface area contributed by atoms with Crippen molar-refractivity contribution < 1.29 is 9.53 Å². The smallest absolute Gasteiger partial charge is 0.309 e. The SMILES string of the molecule is CC(C)(C)OC(=O)C1CC1C(C)(C)C. The van der Waals surface area contributed by atoms with Gasteiger partial charge in [-0.25, -0.2) is 0 Å². The van der Waals surface area contributed by atoms with Crippen LogP contribution in [-0.2, 0) is 9.53 Å². The molecule has 0 amide bonds. The molecule has 0 aliphatic heterocycles. The van der Waals surface area contributed by atoms with Gasteiger partial charge >= 0.3 is 5.97 Å². The summed E-state index contributed by atoms with van der Waals surface area (Å²) >= 11 is 0. The minimum absolute atomic E-state index is 0.0163. The Morgan fingerprint density at radius 2 is 1.64 bits per heavy atom. The van der Waals surface area contributed by atoms with Gasteiger partial charge in [0.1, 0.15) is 5.60 Å². The lowest BCUT2D eigenvalue weighted by atomic mass is 9.89. The maximum atomic E-state index is 11.7. The van der Waals surface area contributed by atoms with Gasteiger partial charge in [-0.15, -0.1) is 0 Å².